The maximum Gasteiger partial charge on any atom is 0.343 e. The molecule has 0 amide bonds. The molecule has 3 rings (SSSR count). The third kappa shape index (κ3) is 3.49. The number of esters is 1. The lowest BCUT2D eigenvalue weighted by Gasteiger charge is -2.14. The average Bonchev–Trinajstić information content (AvgIpc) is 2.59. The van der Waals surface area contributed by atoms with Gasteiger partial charge in [-0.05, 0) is 36.8 Å². The van der Waals surface area contributed by atoms with Gasteiger partial charge in [0.2, 0.25) is 5.43 Å². The second kappa shape index (κ2) is 7.19. The molecular formula is C19H15BrFNO3. The molecule has 0 aliphatic heterocycles. The first-order valence-electron chi connectivity index (χ1n) is 7.74. The van der Waals surface area contributed by atoms with E-state index in [9.17, 15) is 14.0 Å². The molecule has 0 aliphatic carbocycles. The normalized spacial score (nSPS) is 10.8. The smallest absolute Gasteiger partial charge is 0.343 e. The van der Waals surface area contributed by atoms with Gasteiger partial charge in [0.1, 0.15) is 11.4 Å². The van der Waals surface area contributed by atoms with Crippen molar-refractivity contribution in [2.45, 2.75) is 13.5 Å². The number of pyridine rings is 1. The third-order valence-corrected chi connectivity index (χ3v) is 4.61. The molecule has 6 heteroatoms. The van der Waals surface area contributed by atoms with Crippen LogP contribution in [0.4, 0.5) is 4.39 Å². The first kappa shape index (κ1) is 17.4. The van der Waals surface area contributed by atoms with E-state index in [0.717, 1.165) is 16.1 Å². The van der Waals surface area contributed by atoms with Crippen molar-refractivity contribution in [2.24, 2.45) is 0 Å². The van der Waals surface area contributed by atoms with E-state index in [1.54, 1.807) is 11.5 Å². The van der Waals surface area contributed by atoms with Gasteiger partial charge in [0.25, 0.3) is 0 Å². The summed E-state index contributed by atoms with van der Waals surface area (Å²) < 4.78 is 21.3. The van der Waals surface area contributed by atoms with Crippen molar-refractivity contribution >= 4 is 32.8 Å². The van der Waals surface area contributed by atoms with Gasteiger partial charge < -0.3 is 9.30 Å². The second-order valence-corrected chi connectivity index (χ2v) is 6.33. The highest BCUT2D eigenvalue weighted by Gasteiger charge is 2.17. The van der Waals surface area contributed by atoms with Gasteiger partial charge in [0.05, 0.1) is 12.1 Å². The second-order valence-electron chi connectivity index (χ2n) is 5.47. The summed E-state index contributed by atoms with van der Waals surface area (Å²) in [5.74, 6) is -1.24. The summed E-state index contributed by atoms with van der Waals surface area (Å²) in [5, 5.41) is 0.151. The molecule has 0 N–H and O–H groups in total. The Bertz CT molecular complexity index is 1010. The Morgan fingerprint density at radius 3 is 2.72 bits per heavy atom. The van der Waals surface area contributed by atoms with Crippen LogP contribution in [0.2, 0.25) is 0 Å². The molecule has 25 heavy (non-hydrogen) atoms. The zero-order chi connectivity index (χ0) is 18.0. The molecule has 0 saturated carbocycles. The number of nitrogens with zero attached hydrogens (tertiary/aromatic N) is 1. The minimum atomic E-state index is -0.709. The van der Waals surface area contributed by atoms with Crippen LogP contribution >= 0.6 is 15.9 Å². The molecule has 4 nitrogen and oxygen atoms in total. The predicted molar refractivity (Wildman–Crippen MR) is 97.4 cm³/mol. The van der Waals surface area contributed by atoms with Gasteiger partial charge in [-0.3, -0.25) is 4.79 Å². The van der Waals surface area contributed by atoms with Crippen molar-refractivity contribution in [3.05, 3.63) is 80.3 Å². The monoisotopic (exact) mass is 403 g/mol. The first-order chi connectivity index (χ1) is 12.0. The van der Waals surface area contributed by atoms with Crippen molar-refractivity contribution in [1.82, 2.24) is 4.57 Å². The zero-order valence-electron chi connectivity index (χ0n) is 13.5. The number of rotatable bonds is 4. The highest BCUT2D eigenvalue weighted by molar-refractivity contribution is 9.10. The lowest BCUT2D eigenvalue weighted by molar-refractivity contribution is 0.0524. The van der Waals surface area contributed by atoms with Crippen LogP contribution in [0.5, 0.6) is 0 Å². The quantitative estimate of drug-likeness (QED) is 0.615. The summed E-state index contributed by atoms with van der Waals surface area (Å²) in [5.41, 5.74) is 0.880. The molecule has 3 aromatic rings. The van der Waals surface area contributed by atoms with E-state index in [0.29, 0.717) is 12.1 Å². The average molecular weight is 404 g/mol. The molecule has 0 atom stereocenters. The first-order valence-corrected chi connectivity index (χ1v) is 8.53. The molecule has 0 unspecified atom stereocenters. The fraction of sp³-hybridized carbons (Fsp3) is 0.158. The number of halogens is 2. The number of ether oxygens (including phenoxy) is 1. The van der Waals surface area contributed by atoms with Crippen LogP contribution in [0.25, 0.3) is 10.9 Å². The van der Waals surface area contributed by atoms with Gasteiger partial charge in [-0.2, -0.15) is 0 Å². The topological polar surface area (TPSA) is 48.3 Å². The lowest BCUT2D eigenvalue weighted by Crippen LogP contribution is -2.21. The summed E-state index contributed by atoms with van der Waals surface area (Å²) in [4.78, 5) is 24.7. The van der Waals surface area contributed by atoms with Crippen LogP contribution in [-0.2, 0) is 11.3 Å². The van der Waals surface area contributed by atoms with Gasteiger partial charge in [0, 0.05) is 22.6 Å². The molecule has 1 heterocycles. The van der Waals surface area contributed by atoms with Crippen LogP contribution in [0.15, 0.2) is 57.9 Å². The molecule has 2 aromatic carbocycles. The highest BCUT2D eigenvalue weighted by atomic mass is 79.9. The highest BCUT2D eigenvalue weighted by Crippen LogP contribution is 2.20. The minimum absolute atomic E-state index is 0.105. The SMILES string of the molecule is CCOC(=O)c1cn(Cc2ccccc2Br)c2ccc(F)cc2c1=O. The molecule has 0 aliphatic rings. The van der Waals surface area contributed by atoms with Crippen LogP contribution in [0.3, 0.4) is 0 Å². The molecular weight excluding hydrogens is 389 g/mol. The van der Waals surface area contributed by atoms with Gasteiger partial charge in [0.15, 0.2) is 0 Å². The van der Waals surface area contributed by atoms with Crippen LogP contribution in [0, 0.1) is 5.82 Å². The largest absolute Gasteiger partial charge is 0.462 e. The predicted octanol–water partition coefficient (Wildman–Crippen LogP) is 4.13. The maximum absolute atomic E-state index is 13.6. The molecule has 1 aromatic heterocycles. The summed E-state index contributed by atoms with van der Waals surface area (Å²) in [7, 11) is 0. The van der Waals surface area contributed by atoms with Crippen molar-refractivity contribution < 1.29 is 13.9 Å². The van der Waals surface area contributed by atoms with E-state index < -0.39 is 17.2 Å². The number of carbonyl (C=O) groups is 1. The van der Waals surface area contributed by atoms with E-state index in [1.807, 2.05) is 24.3 Å². The number of hydrogen-bond acceptors (Lipinski definition) is 3. The summed E-state index contributed by atoms with van der Waals surface area (Å²) in [6.07, 6.45) is 1.47. The number of carbonyl (C=O) groups excluding carboxylic acids is 1. The van der Waals surface area contributed by atoms with Crippen molar-refractivity contribution in [1.29, 1.82) is 0 Å². The molecule has 0 saturated heterocycles. The maximum atomic E-state index is 13.6. The van der Waals surface area contributed by atoms with Crippen LogP contribution < -0.4 is 5.43 Å². The van der Waals surface area contributed by atoms with Gasteiger partial charge in [-0.25, -0.2) is 9.18 Å². The van der Waals surface area contributed by atoms with E-state index >= 15 is 0 Å². The molecule has 0 radical (unpaired) electrons. The third-order valence-electron chi connectivity index (χ3n) is 3.84. The number of fused-ring (bicyclic) bond motifs is 1. The van der Waals surface area contributed by atoms with Crippen molar-refractivity contribution in [2.75, 3.05) is 6.61 Å². The standard InChI is InChI=1S/C19H15BrFNO3/c1-2-25-19(24)15-11-22(10-12-5-3-4-6-16(12)20)17-8-7-13(21)9-14(17)18(15)23/h3-9,11H,2,10H2,1H3. The van der Waals surface area contributed by atoms with Crippen molar-refractivity contribution in [3.8, 4) is 0 Å². The Balaban J connectivity index is 2.23. The van der Waals surface area contributed by atoms with E-state index in [4.69, 9.17) is 4.74 Å². The van der Waals surface area contributed by atoms with Gasteiger partial charge in [-0.1, -0.05) is 34.1 Å². The molecule has 0 spiro atoms. The fourth-order valence-electron chi connectivity index (χ4n) is 2.66. The molecule has 0 bridgehead atoms. The summed E-state index contributed by atoms with van der Waals surface area (Å²) in [6, 6.07) is 11.6. The Morgan fingerprint density at radius 1 is 1.24 bits per heavy atom. The Hall–Kier alpha value is -2.47. The Labute approximate surface area is 152 Å². The zero-order valence-corrected chi connectivity index (χ0v) is 15.0. The summed E-state index contributed by atoms with van der Waals surface area (Å²) in [6.45, 7) is 2.23. The Morgan fingerprint density at radius 2 is 2.00 bits per heavy atom. The van der Waals surface area contributed by atoms with Gasteiger partial charge >= 0.3 is 5.97 Å². The number of hydrogen-bond donors (Lipinski definition) is 0. The number of aromatic nitrogens is 1. The fourth-order valence-corrected chi connectivity index (χ4v) is 3.08. The van der Waals surface area contributed by atoms with E-state index in [2.05, 4.69) is 15.9 Å². The summed E-state index contributed by atoms with van der Waals surface area (Å²) >= 11 is 3.49. The van der Waals surface area contributed by atoms with E-state index in [1.165, 1.54) is 18.3 Å². The van der Waals surface area contributed by atoms with E-state index in [-0.39, 0.29) is 17.6 Å². The van der Waals surface area contributed by atoms with Crippen LogP contribution in [-0.4, -0.2) is 17.1 Å². The lowest BCUT2D eigenvalue weighted by atomic mass is 10.1. The molecule has 0 fully saturated rings. The molecule has 128 valence electrons. The number of benzene rings is 2. The van der Waals surface area contributed by atoms with Gasteiger partial charge in [-0.15, -0.1) is 0 Å². The minimum Gasteiger partial charge on any atom is -0.462 e. The van der Waals surface area contributed by atoms with Crippen molar-refractivity contribution in [3.63, 3.8) is 0 Å². The Kier molecular flexibility index (Phi) is 4.99. The van der Waals surface area contributed by atoms with Crippen LogP contribution in [0.1, 0.15) is 22.8 Å².